The van der Waals surface area contributed by atoms with Crippen molar-refractivity contribution in [2.45, 2.75) is 52.7 Å². The molecule has 4 nitrogen and oxygen atoms in total. The molecule has 0 spiro atoms. The van der Waals surface area contributed by atoms with Gasteiger partial charge in [0.25, 0.3) is 0 Å². The van der Waals surface area contributed by atoms with E-state index in [-0.39, 0.29) is 0 Å². The van der Waals surface area contributed by atoms with E-state index < -0.39 is 0 Å². The van der Waals surface area contributed by atoms with E-state index in [0.29, 0.717) is 6.54 Å². The highest BCUT2D eigenvalue weighted by Crippen LogP contribution is 2.21. The van der Waals surface area contributed by atoms with Crippen molar-refractivity contribution in [2.24, 2.45) is 0 Å². The van der Waals surface area contributed by atoms with E-state index in [1.54, 1.807) is 0 Å². The summed E-state index contributed by atoms with van der Waals surface area (Å²) >= 11 is 0. The summed E-state index contributed by atoms with van der Waals surface area (Å²) in [6.45, 7) is 7.75. The maximum Gasteiger partial charge on any atom is 0.125 e. The summed E-state index contributed by atoms with van der Waals surface area (Å²) in [5.41, 5.74) is 3.49. The molecule has 2 heterocycles. The largest absolute Gasteiger partial charge is 0.464 e. The Hall–Kier alpha value is -1.55. The van der Waals surface area contributed by atoms with E-state index in [4.69, 9.17) is 4.42 Å². The molecule has 0 atom stereocenters. The minimum Gasteiger partial charge on any atom is -0.464 e. The summed E-state index contributed by atoms with van der Waals surface area (Å²) in [7, 11) is 0. The van der Waals surface area contributed by atoms with Crippen LogP contribution >= 0.6 is 0 Å². The first kappa shape index (κ1) is 12.5. The van der Waals surface area contributed by atoms with Crippen LogP contribution in [0.25, 0.3) is 0 Å². The zero-order valence-electron chi connectivity index (χ0n) is 11.9. The summed E-state index contributed by atoms with van der Waals surface area (Å²) in [5.74, 6) is 2.00. The normalized spacial score (nSPS) is 15.1. The molecule has 1 fully saturated rings. The van der Waals surface area contributed by atoms with Crippen molar-refractivity contribution < 1.29 is 4.42 Å². The molecule has 0 radical (unpaired) electrons. The van der Waals surface area contributed by atoms with Crippen molar-refractivity contribution >= 4 is 0 Å². The molecular weight excluding hydrogens is 238 g/mol. The number of hydrogen-bond acceptors (Lipinski definition) is 3. The lowest BCUT2D eigenvalue weighted by Crippen LogP contribution is -2.15. The molecule has 0 aromatic carbocycles. The minimum atomic E-state index is 0.712. The van der Waals surface area contributed by atoms with Crippen LogP contribution in [-0.4, -0.2) is 15.8 Å². The van der Waals surface area contributed by atoms with Gasteiger partial charge in [-0.05, 0) is 45.7 Å². The van der Waals surface area contributed by atoms with Gasteiger partial charge < -0.3 is 9.73 Å². The minimum absolute atomic E-state index is 0.712. The van der Waals surface area contributed by atoms with Gasteiger partial charge in [0, 0.05) is 23.8 Å². The number of hydrogen-bond donors (Lipinski definition) is 1. The maximum absolute atomic E-state index is 5.83. The first-order chi connectivity index (χ1) is 9.11. The zero-order valence-corrected chi connectivity index (χ0v) is 11.9. The van der Waals surface area contributed by atoms with Crippen LogP contribution in [0, 0.1) is 20.8 Å². The van der Waals surface area contributed by atoms with Gasteiger partial charge in [0.2, 0.25) is 0 Å². The molecular formula is C15H21N3O. The molecule has 1 aliphatic rings. The first-order valence-electron chi connectivity index (χ1n) is 6.94. The molecule has 2 aromatic heterocycles. The topological polar surface area (TPSA) is 43.0 Å². The lowest BCUT2D eigenvalue weighted by Gasteiger charge is -2.00. The number of furan rings is 1. The Balaban J connectivity index is 1.70. The van der Waals surface area contributed by atoms with Gasteiger partial charge in [-0.25, -0.2) is 0 Å². The standard InChI is InChI=1S/C15H21N3O/c1-10-6-11(2)18(17-10)9-15-7-13(12(3)19-15)8-16-14-4-5-14/h6-7,14,16H,4-5,8-9H2,1-3H3. The second-order valence-corrected chi connectivity index (χ2v) is 5.53. The third-order valence-electron chi connectivity index (χ3n) is 3.64. The van der Waals surface area contributed by atoms with Crippen LogP contribution in [0.15, 0.2) is 16.5 Å². The summed E-state index contributed by atoms with van der Waals surface area (Å²) in [4.78, 5) is 0. The van der Waals surface area contributed by atoms with Crippen LogP contribution in [0.5, 0.6) is 0 Å². The molecule has 4 heteroatoms. The van der Waals surface area contributed by atoms with Crippen molar-refractivity contribution in [2.75, 3.05) is 0 Å². The Morgan fingerprint density at radius 2 is 2.11 bits per heavy atom. The van der Waals surface area contributed by atoms with E-state index in [9.17, 15) is 0 Å². The summed E-state index contributed by atoms with van der Waals surface area (Å²) < 4.78 is 7.83. The highest BCUT2D eigenvalue weighted by Gasteiger charge is 2.21. The highest BCUT2D eigenvalue weighted by atomic mass is 16.3. The Labute approximate surface area is 113 Å². The van der Waals surface area contributed by atoms with Gasteiger partial charge in [-0.1, -0.05) is 0 Å². The fourth-order valence-corrected chi connectivity index (χ4v) is 2.37. The summed E-state index contributed by atoms with van der Waals surface area (Å²) in [6.07, 6.45) is 2.63. The molecule has 1 saturated carbocycles. The van der Waals surface area contributed by atoms with Gasteiger partial charge in [-0.3, -0.25) is 4.68 Å². The van der Waals surface area contributed by atoms with Gasteiger partial charge in [-0.2, -0.15) is 5.10 Å². The van der Waals surface area contributed by atoms with Crippen molar-refractivity contribution in [1.29, 1.82) is 0 Å². The van der Waals surface area contributed by atoms with Crippen LogP contribution in [0.3, 0.4) is 0 Å². The average molecular weight is 259 g/mol. The van der Waals surface area contributed by atoms with Crippen molar-refractivity contribution in [3.05, 3.63) is 40.6 Å². The van der Waals surface area contributed by atoms with Gasteiger partial charge in [0.05, 0.1) is 12.2 Å². The molecule has 19 heavy (non-hydrogen) atoms. The Bertz CT molecular complexity index is 578. The molecule has 0 aliphatic heterocycles. The molecule has 102 valence electrons. The lowest BCUT2D eigenvalue weighted by molar-refractivity contribution is 0.453. The summed E-state index contributed by atoms with van der Waals surface area (Å²) in [5, 5.41) is 7.99. The SMILES string of the molecule is Cc1cc(C)n(Cc2cc(CNC3CC3)c(C)o2)n1. The molecule has 3 rings (SSSR count). The quantitative estimate of drug-likeness (QED) is 0.897. The maximum atomic E-state index is 5.83. The van der Waals surface area contributed by atoms with Crippen molar-refractivity contribution in [3.8, 4) is 0 Å². The predicted molar refractivity (Wildman–Crippen MR) is 74.1 cm³/mol. The molecule has 0 bridgehead atoms. The lowest BCUT2D eigenvalue weighted by atomic mass is 10.2. The highest BCUT2D eigenvalue weighted by molar-refractivity contribution is 5.21. The molecule has 2 aromatic rings. The molecule has 1 aliphatic carbocycles. The average Bonchev–Trinajstić information content (AvgIpc) is 3.03. The Morgan fingerprint density at radius 1 is 1.32 bits per heavy atom. The van der Waals surface area contributed by atoms with Gasteiger partial charge >= 0.3 is 0 Å². The second kappa shape index (κ2) is 4.85. The number of nitrogens with zero attached hydrogens (tertiary/aromatic N) is 2. The zero-order chi connectivity index (χ0) is 13.4. The van der Waals surface area contributed by atoms with Crippen molar-refractivity contribution in [1.82, 2.24) is 15.1 Å². The molecule has 1 N–H and O–H groups in total. The summed E-state index contributed by atoms with van der Waals surface area (Å²) in [6, 6.07) is 4.97. The van der Waals surface area contributed by atoms with Gasteiger partial charge in [0.1, 0.15) is 11.5 Å². The molecule has 0 amide bonds. The predicted octanol–water partition coefficient (Wildman–Crippen LogP) is 2.70. The fraction of sp³-hybridized carbons (Fsp3) is 0.533. The number of aromatic nitrogens is 2. The van der Waals surface area contributed by atoms with Crippen LogP contribution in [0.4, 0.5) is 0 Å². The van der Waals surface area contributed by atoms with Gasteiger partial charge in [0.15, 0.2) is 0 Å². The van der Waals surface area contributed by atoms with E-state index in [1.165, 1.54) is 24.1 Å². The number of nitrogens with one attached hydrogen (secondary N) is 1. The van der Waals surface area contributed by atoms with E-state index in [0.717, 1.165) is 29.8 Å². The molecule has 0 unspecified atom stereocenters. The monoisotopic (exact) mass is 259 g/mol. The van der Waals surface area contributed by atoms with E-state index in [1.807, 2.05) is 18.5 Å². The second-order valence-electron chi connectivity index (χ2n) is 5.53. The third kappa shape index (κ3) is 2.89. The van der Waals surface area contributed by atoms with Crippen LogP contribution < -0.4 is 5.32 Å². The van der Waals surface area contributed by atoms with Crippen molar-refractivity contribution in [3.63, 3.8) is 0 Å². The number of rotatable bonds is 5. The van der Waals surface area contributed by atoms with E-state index >= 15 is 0 Å². The van der Waals surface area contributed by atoms with Crippen LogP contribution in [-0.2, 0) is 13.1 Å². The van der Waals surface area contributed by atoms with Crippen LogP contribution in [0.2, 0.25) is 0 Å². The fourth-order valence-electron chi connectivity index (χ4n) is 2.37. The Morgan fingerprint density at radius 3 is 2.74 bits per heavy atom. The van der Waals surface area contributed by atoms with E-state index in [2.05, 4.69) is 29.5 Å². The Kier molecular flexibility index (Phi) is 3.19. The third-order valence-corrected chi connectivity index (χ3v) is 3.64. The first-order valence-corrected chi connectivity index (χ1v) is 6.94. The molecule has 0 saturated heterocycles. The smallest absolute Gasteiger partial charge is 0.125 e. The number of aryl methyl sites for hydroxylation is 3. The van der Waals surface area contributed by atoms with Crippen LogP contribution in [0.1, 0.15) is 41.3 Å². The van der Waals surface area contributed by atoms with Gasteiger partial charge in [-0.15, -0.1) is 0 Å².